The van der Waals surface area contributed by atoms with Crippen molar-refractivity contribution in [3.63, 3.8) is 0 Å². The zero-order chi connectivity index (χ0) is 23.4. The molecule has 0 spiro atoms. The molecule has 10 heteroatoms. The van der Waals surface area contributed by atoms with Crippen LogP contribution in [0.1, 0.15) is 11.1 Å². The fourth-order valence-electron chi connectivity index (χ4n) is 3.96. The van der Waals surface area contributed by atoms with Gasteiger partial charge < -0.3 is 26.0 Å². The number of nitrogens with zero attached hydrogens (tertiary/aromatic N) is 5. The number of amides is 1. The van der Waals surface area contributed by atoms with Gasteiger partial charge in [0, 0.05) is 51.2 Å². The van der Waals surface area contributed by atoms with Gasteiger partial charge in [0.25, 0.3) is 5.91 Å². The molecule has 0 saturated carbocycles. The fraction of sp³-hybridized carbons (Fsp3) is 0.435. The molecule has 4 N–H and O–H groups in total. The third-order valence-electron chi connectivity index (χ3n) is 5.96. The highest BCUT2D eigenvalue weighted by Gasteiger charge is 2.29. The lowest BCUT2D eigenvalue weighted by Gasteiger charge is -2.29. The molecule has 1 unspecified atom stereocenters. The van der Waals surface area contributed by atoms with E-state index in [1.165, 1.54) is 6.33 Å². The van der Waals surface area contributed by atoms with Crippen LogP contribution in [0.4, 0.5) is 17.3 Å². The Morgan fingerprint density at radius 3 is 2.73 bits per heavy atom. The minimum atomic E-state index is -0.547. The van der Waals surface area contributed by atoms with Crippen LogP contribution < -0.4 is 16.0 Å². The second-order valence-electron chi connectivity index (χ2n) is 8.69. The van der Waals surface area contributed by atoms with Gasteiger partial charge in [-0.1, -0.05) is 12.1 Å². The second kappa shape index (κ2) is 10.3. The predicted octanol–water partition coefficient (Wildman–Crippen LogP) is 0.921. The number of aromatic nitrogens is 2. The molecular weight excluding hydrogens is 420 g/mol. The Balaban J connectivity index is 1.62. The van der Waals surface area contributed by atoms with E-state index in [4.69, 9.17) is 0 Å². The van der Waals surface area contributed by atoms with E-state index in [-0.39, 0.29) is 5.91 Å². The van der Waals surface area contributed by atoms with Crippen LogP contribution in [-0.4, -0.2) is 95.8 Å². The van der Waals surface area contributed by atoms with Gasteiger partial charge in [-0.3, -0.25) is 14.6 Å². The van der Waals surface area contributed by atoms with Crippen molar-refractivity contribution >= 4 is 28.8 Å². The van der Waals surface area contributed by atoms with Crippen molar-refractivity contribution in [1.29, 1.82) is 0 Å². The topological polar surface area (TPSA) is 109 Å². The first-order valence-corrected chi connectivity index (χ1v) is 11.1. The van der Waals surface area contributed by atoms with Crippen molar-refractivity contribution < 1.29 is 9.90 Å². The Hall–Kier alpha value is -3.05. The van der Waals surface area contributed by atoms with Gasteiger partial charge >= 0.3 is 0 Å². The highest BCUT2D eigenvalue weighted by Crippen LogP contribution is 2.34. The lowest BCUT2D eigenvalue weighted by molar-refractivity contribution is -0.110. The summed E-state index contributed by atoms with van der Waals surface area (Å²) in [5.74, 6) is 0.924. The van der Waals surface area contributed by atoms with E-state index in [0.29, 0.717) is 42.4 Å². The summed E-state index contributed by atoms with van der Waals surface area (Å²) in [6.07, 6.45) is 2.61. The number of anilines is 3. The molecule has 2 bridgehead atoms. The summed E-state index contributed by atoms with van der Waals surface area (Å²) in [5.41, 5.74) is 3.15. The molecule has 4 rings (SSSR count). The molecule has 1 aromatic carbocycles. The van der Waals surface area contributed by atoms with Crippen LogP contribution in [0.15, 0.2) is 36.8 Å². The van der Waals surface area contributed by atoms with E-state index in [9.17, 15) is 9.90 Å². The third kappa shape index (κ3) is 5.66. The van der Waals surface area contributed by atoms with Gasteiger partial charge in [-0.15, -0.1) is 0 Å². The average Bonchev–Trinajstić information content (AvgIpc) is 3.11. The molecule has 2 aliphatic heterocycles. The van der Waals surface area contributed by atoms with Gasteiger partial charge in [-0.2, -0.15) is 0 Å². The number of carbonyl (C=O) groups is 1. The molecule has 1 aromatic heterocycles. The number of nitrogens with one attached hydrogen (secondary N) is 3. The zero-order valence-electron chi connectivity index (χ0n) is 19.4. The highest BCUT2D eigenvalue weighted by molar-refractivity contribution is 6.32. The van der Waals surface area contributed by atoms with Crippen LogP contribution in [0.2, 0.25) is 0 Å². The first-order valence-electron chi connectivity index (χ1n) is 11.1. The normalized spacial score (nSPS) is 23.1. The maximum absolute atomic E-state index is 12.6. The number of carbonyl (C=O) groups excluding carboxylic acids is 1. The summed E-state index contributed by atoms with van der Waals surface area (Å²) in [6, 6.07) is 8.02. The van der Waals surface area contributed by atoms with Crippen molar-refractivity contribution in [2.75, 3.05) is 69.8 Å². The second-order valence-corrected chi connectivity index (χ2v) is 8.69. The largest absolute Gasteiger partial charge is 0.377 e. The standard InChI is InChI=1S/C23H32N8O2/c1-29-8-7-24-21-20-18(23(33)28-22(20)27-15-26-21)12-25-17-6-4-5-16(11-17)13-30(2)14-19(32)31(3)10-9-29/h4-6,11-12,15,19,25,32H,7-10,13-14H2,1-3H3,(H2,24,26,27,28,33)/b18-12-. The molecule has 176 valence electrons. The van der Waals surface area contributed by atoms with Gasteiger partial charge in [-0.25, -0.2) is 9.97 Å². The van der Waals surface area contributed by atoms with Crippen molar-refractivity contribution in [2.24, 2.45) is 0 Å². The predicted molar refractivity (Wildman–Crippen MR) is 130 cm³/mol. The van der Waals surface area contributed by atoms with Crippen molar-refractivity contribution in [1.82, 2.24) is 24.7 Å². The number of hydrogen-bond acceptors (Lipinski definition) is 9. The van der Waals surface area contributed by atoms with Gasteiger partial charge in [0.15, 0.2) is 0 Å². The number of aliphatic hydroxyl groups excluding tert-OH is 1. The Morgan fingerprint density at radius 2 is 1.88 bits per heavy atom. The minimum Gasteiger partial charge on any atom is -0.377 e. The maximum atomic E-state index is 12.6. The molecular formula is C23H32N8O2. The molecule has 0 saturated heterocycles. The molecule has 0 radical (unpaired) electrons. The summed E-state index contributed by atoms with van der Waals surface area (Å²) in [4.78, 5) is 27.5. The van der Waals surface area contributed by atoms with E-state index in [2.05, 4.69) is 41.8 Å². The van der Waals surface area contributed by atoms with Crippen LogP contribution in [0.3, 0.4) is 0 Å². The van der Waals surface area contributed by atoms with Crippen LogP contribution in [0, 0.1) is 0 Å². The lowest BCUT2D eigenvalue weighted by atomic mass is 10.1. The number of likely N-dealkylation sites (N-methyl/N-ethyl adjacent to an activating group) is 3. The van der Waals surface area contributed by atoms with Crippen molar-refractivity contribution in [3.8, 4) is 0 Å². The minimum absolute atomic E-state index is 0.211. The van der Waals surface area contributed by atoms with Crippen LogP contribution in [0.5, 0.6) is 0 Å². The van der Waals surface area contributed by atoms with Crippen LogP contribution >= 0.6 is 0 Å². The van der Waals surface area contributed by atoms with E-state index in [0.717, 1.165) is 30.9 Å². The van der Waals surface area contributed by atoms with Crippen molar-refractivity contribution in [3.05, 3.63) is 47.9 Å². The number of β-amino-alcohol motifs (C(OH)–C–C–N with tert-alkyl or cyclic N) is 1. The maximum Gasteiger partial charge on any atom is 0.259 e. The number of rotatable bonds is 0. The van der Waals surface area contributed by atoms with E-state index in [1.54, 1.807) is 6.20 Å². The Kier molecular flexibility index (Phi) is 7.19. The Bertz CT molecular complexity index is 1030. The molecule has 33 heavy (non-hydrogen) atoms. The van der Waals surface area contributed by atoms with E-state index in [1.807, 2.05) is 44.2 Å². The molecule has 2 aromatic rings. The molecule has 0 fully saturated rings. The quantitative estimate of drug-likeness (QED) is 0.464. The summed E-state index contributed by atoms with van der Waals surface area (Å²) in [6.45, 7) is 4.25. The smallest absolute Gasteiger partial charge is 0.259 e. The Labute approximate surface area is 194 Å². The van der Waals surface area contributed by atoms with Crippen molar-refractivity contribution in [2.45, 2.75) is 12.8 Å². The lowest BCUT2D eigenvalue weighted by Crippen LogP contribution is -2.43. The number of aliphatic hydroxyl groups is 1. The van der Waals surface area contributed by atoms with E-state index >= 15 is 0 Å². The average molecular weight is 453 g/mol. The summed E-state index contributed by atoms with van der Waals surface area (Å²) in [7, 11) is 5.99. The molecule has 3 heterocycles. The zero-order valence-corrected chi connectivity index (χ0v) is 19.4. The Morgan fingerprint density at radius 1 is 1.06 bits per heavy atom. The first-order chi connectivity index (χ1) is 15.9. The first kappa shape index (κ1) is 23.1. The van der Waals surface area contributed by atoms with Gasteiger partial charge in [-0.05, 0) is 38.8 Å². The molecule has 1 atom stereocenters. The molecule has 1 amide bonds. The van der Waals surface area contributed by atoms with Crippen LogP contribution in [-0.2, 0) is 11.3 Å². The van der Waals surface area contributed by atoms with Crippen LogP contribution in [0.25, 0.3) is 5.57 Å². The molecule has 2 aliphatic rings. The van der Waals surface area contributed by atoms with Gasteiger partial charge in [0.2, 0.25) is 0 Å². The highest BCUT2D eigenvalue weighted by atomic mass is 16.3. The monoisotopic (exact) mass is 452 g/mol. The summed E-state index contributed by atoms with van der Waals surface area (Å²) in [5, 5.41) is 20.0. The van der Waals surface area contributed by atoms with Gasteiger partial charge in [0.05, 0.1) is 11.1 Å². The number of benzene rings is 1. The fourth-order valence-corrected chi connectivity index (χ4v) is 3.96. The van der Waals surface area contributed by atoms with Gasteiger partial charge in [0.1, 0.15) is 24.2 Å². The summed E-state index contributed by atoms with van der Waals surface area (Å²) >= 11 is 0. The third-order valence-corrected chi connectivity index (χ3v) is 5.96. The number of fused-ring (bicyclic) bond motifs is 2. The SMILES string of the molecule is CN1CCNc2ncnc3c2/C(=C/Nc2cccc(c2)CN(C)CC(O)N(C)CC1)C(=O)N3. The van der Waals surface area contributed by atoms with E-state index < -0.39 is 6.23 Å². The molecule has 0 aliphatic carbocycles. The molecule has 10 nitrogen and oxygen atoms in total. The summed E-state index contributed by atoms with van der Waals surface area (Å²) < 4.78 is 0. The number of hydrogen-bond donors (Lipinski definition) is 4.